The van der Waals surface area contributed by atoms with Gasteiger partial charge in [0.25, 0.3) is 0 Å². The Balaban J connectivity index is 1.67. The van der Waals surface area contributed by atoms with Gasteiger partial charge in [0.05, 0.1) is 5.92 Å². The third kappa shape index (κ3) is 1.75. The number of carbonyl (C=O) groups excluding carboxylic acids is 2. The molecule has 0 radical (unpaired) electrons. The molecule has 0 aromatic heterocycles. The molecule has 1 fully saturated rings. The van der Waals surface area contributed by atoms with Crippen molar-refractivity contribution < 1.29 is 14.7 Å². The number of carboxylic acids is 1. The summed E-state index contributed by atoms with van der Waals surface area (Å²) in [5, 5.41) is 11.5. The molecule has 1 aliphatic heterocycles. The van der Waals surface area contributed by atoms with Gasteiger partial charge in [0.2, 0.25) is 5.91 Å². The summed E-state index contributed by atoms with van der Waals surface area (Å²) in [4.78, 5) is 26.1. The average Bonchev–Trinajstić information content (AvgIpc) is 3.19. The minimum Gasteiger partial charge on any atom is -0.550 e. The van der Waals surface area contributed by atoms with Gasteiger partial charge in [-0.3, -0.25) is 4.79 Å². The van der Waals surface area contributed by atoms with Gasteiger partial charge < -0.3 is 14.8 Å². The number of hydrogen-bond acceptors (Lipinski definition) is 3. The second kappa shape index (κ2) is 4.45. The second-order valence-corrected chi connectivity index (χ2v) is 6.19. The molecular formula is C17H16NO3-. The lowest BCUT2D eigenvalue weighted by Crippen LogP contribution is -2.46. The minimum absolute atomic E-state index is 0.0354. The number of amides is 1. The number of carboxylic acid groups (broad SMARTS) is 1. The molecule has 4 heteroatoms. The lowest BCUT2D eigenvalue weighted by molar-refractivity contribution is -0.313. The summed E-state index contributed by atoms with van der Waals surface area (Å²) in [6, 6.07) is 7.86. The van der Waals surface area contributed by atoms with E-state index in [1.54, 1.807) is 4.90 Å². The van der Waals surface area contributed by atoms with Crippen LogP contribution in [-0.2, 0) is 16.0 Å². The molecule has 0 spiro atoms. The molecule has 108 valence electrons. The van der Waals surface area contributed by atoms with Gasteiger partial charge in [-0.2, -0.15) is 0 Å². The first-order chi connectivity index (χ1) is 10.2. The fraction of sp³-hybridized carbons (Fsp3) is 0.412. The van der Waals surface area contributed by atoms with E-state index >= 15 is 0 Å². The fourth-order valence-corrected chi connectivity index (χ4v) is 4.23. The minimum atomic E-state index is -1.09. The molecule has 1 heterocycles. The van der Waals surface area contributed by atoms with Gasteiger partial charge in [0, 0.05) is 24.1 Å². The van der Waals surface area contributed by atoms with E-state index in [4.69, 9.17) is 0 Å². The largest absolute Gasteiger partial charge is 0.550 e. The molecule has 2 aliphatic carbocycles. The Labute approximate surface area is 123 Å². The van der Waals surface area contributed by atoms with Crippen molar-refractivity contribution >= 4 is 17.6 Å². The van der Waals surface area contributed by atoms with E-state index in [0.29, 0.717) is 6.54 Å². The molecule has 0 saturated heterocycles. The van der Waals surface area contributed by atoms with E-state index in [0.717, 1.165) is 24.1 Å². The van der Waals surface area contributed by atoms with Crippen LogP contribution >= 0.6 is 0 Å². The molecule has 1 aromatic rings. The van der Waals surface area contributed by atoms with Gasteiger partial charge in [-0.1, -0.05) is 30.4 Å². The summed E-state index contributed by atoms with van der Waals surface area (Å²) in [6.45, 7) is 0.648. The van der Waals surface area contributed by atoms with E-state index in [2.05, 4.69) is 0 Å². The maximum absolute atomic E-state index is 12.9. The molecule has 21 heavy (non-hydrogen) atoms. The van der Waals surface area contributed by atoms with Crippen molar-refractivity contribution in [2.75, 3.05) is 11.4 Å². The highest BCUT2D eigenvalue weighted by atomic mass is 16.4. The molecule has 0 N–H and O–H groups in total. The van der Waals surface area contributed by atoms with Crippen molar-refractivity contribution in [2.24, 2.45) is 23.7 Å². The normalized spacial score (nSPS) is 32.5. The van der Waals surface area contributed by atoms with Crippen LogP contribution in [0.15, 0.2) is 36.4 Å². The molecule has 4 rings (SSSR count). The number of nitrogens with zero attached hydrogens (tertiary/aromatic N) is 1. The number of para-hydroxylation sites is 1. The molecule has 3 aliphatic rings. The summed E-state index contributed by atoms with van der Waals surface area (Å²) in [7, 11) is 0. The van der Waals surface area contributed by atoms with Crippen LogP contribution < -0.4 is 10.0 Å². The first-order valence-corrected chi connectivity index (χ1v) is 7.45. The molecule has 1 saturated carbocycles. The number of carbonyl (C=O) groups is 2. The molecule has 0 unspecified atom stereocenters. The molecule has 1 amide bonds. The van der Waals surface area contributed by atoms with Crippen LogP contribution in [0.2, 0.25) is 0 Å². The Hall–Kier alpha value is -2.10. The number of aliphatic carboxylic acids is 1. The van der Waals surface area contributed by atoms with E-state index in [1.807, 2.05) is 36.4 Å². The lowest BCUT2D eigenvalue weighted by Gasteiger charge is -2.31. The Morgan fingerprint density at radius 2 is 1.81 bits per heavy atom. The van der Waals surface area contributed by atoms with Crippen molar-refractivity contribution in [1.29, 1.82) is 0 Å². The van der Waals surface area contributed by atoms with Gasteiger partial charge in [-0.05, 0) is 36.3 Å². The second-order valence-electron chi connectivity index (χ2n) is 6.19. The molecular weight excluding hydrogens is 266 g/mol. The van der Waals surface area contributed by atoms with Gasteiger partial charge in [0.1, 0.15) is 0 Å². The topological polar surface area (TPSA) is 60.4 Å². The average molecular weight is 282 g/mol. The number of fused-ring (bicyclic) bond motifs is 3. The maximum atomic E-state index is 12.9. The zero-order chi connectivity index (χ0) is 14.6. The maximum Gasteiger partial charge on any atom is 0.231 e. The van der Waals surface area contributed by atoms with E-state index in [9.17, 15) is 14.7 Å². The Kier molecular flexibility index (Phi) is 2.67. The van der Waals surface area contributed by atoms with Crippen LogP contribution in [-0.4, -0.2) is 18.4 Å². The highest BCUT2D eigenvalue weighted by Crippen LogP contribution is 2.49. The Morgan fingerprint density at radius 1 is 1.10 bits per heavy atom. The van der Waals surface area contributed by atoms with Crippen LogP contribution in [0, 0.1) is 23.7 Å². The first kappa shape index (κ1) is 12.6. The predicted octanol–water partition coefficient (Wildman–Crippen LogP) is 0.764. The predicted molar refractivity (Wildman–Crippen MR) is 75.2 cm³/mol. The lowest BCUT2D eigenvalue weighted by atomic mass is 9.82. The number of rotatable bonds is 2. The molecule has 4 atom stereocenters. The smallest absolute Gasteiger partial charge is 0.231 e. The van der Waals surface area contributed by atoms with Crippen LogP contribution in [0.1, 0.15) is 12.0 Å². The highest BCUT2D eigenvalue weighted by Gasteiger charge is 2.50. The SMILES string of the molecule is O=C([O-])[C@H]1[C@@H](C(=O)N2CCc3ccccc32)[C@@H]2C=C[C@H]1C2. The third-order valence-electron chi connectivity index (χ3n) is 5.17. The Morgan fingerprint density at radius 3 is 2.57 bits per heavy atom. The van der Waals surface area contributed by atoms with Gasteiger partial charge >= 0.3 is 0 Å². The van der Waals surface area contributed by atoms with Gasteiger partial charge in [0.15, 0.2) is 0 Å². The van der Waals surface area contributed by atoms with Crippen LogP contribution in [0.4, 0.5) is 5.69 Å². The van der Waals surface area contributed by atoms with Crippen LogP contribution in [0.3, 0.4) is 0 Å². The summed E-state index contributed by atoms with van der Waals surface area (Å²) >= 11 is 0. The first-order valence-electron chi connectivity index (χ1n) is 7.45. The zero-order valence-corrected chi connectivity index (χ0v) is 11.6. The zero-order valence-electron chi connectivity index (χ0n) is 11.6. The third-order valence-corrected chi connectivity index (χ3v) is 5.17. The van der Waals surface area contributed by atoms with Crippen molar-refractivity contribution in [2.45, 2.75) is 12.8 Å². The quantitative estimate of drug-likeness (QED) is 0.753. The van der Waals surface area contributed by atoms with Gasteiger partial charge in [-0.25, -0.2) is 0 Å². The number of hydrogen-bond donors (Lipinski definition) is 0. The van der Waals surface area contributed by atoms with Crippen molar-refractivity contribution in [1.82, 2.24) is 0 Å². The molecule has 1 aromatic carbocycles. The van der Waals surface area contributed by atoms with Crippen molar-refractivity contribution in [3.63, 3.8) is 0 Å². The highest BCUT2D eigenvalue weighted by molar-refractivity contribution is 5.99. The summed E-state index contributed by atoms with van der Waals surface area (Å²) < 4.78 is 0. The standard InChI is InChI=1S/C17H17NO3/c19-16(18-8-7-10-3-1-2-4-13(10)18)14-11-5-6-12(9-11)15(14)17(20)21/h1-6,11-12,14-15H,7-9H2,(H,20,21)/p-1/t11-,12+,14+,15-/m1/s1. The summed E-state index contributed by atoms with van der Waals surface area (Å²) in [6.07, 6.45) is 5.56. The van der Waals surface area contributed by atoms with Crippen LogP contribution in [0.5, 0.6) is 0 Å². The van der Waals surface area contributed by atoms with Gasteiger partial charge in [-0.15, -0.1) is 0 Å². The van der Waals surface area contributed by atoms with Crippen molar-refractivity contribution in [3.8, 4) is 0 Å². The number of benzene rings is 1. The number of anilines is 1. The number of allylic oxidation sites excluding steroid dienone is 2. The van der Waals surface area contributed by atoms with E-state index in [1.165, 1.54) is 0 Å². The van der Waals surface area contributed by atoms with Crippen LogP contribution in [0.25, 0.3) is 0 Å². The summed E-state index contributed by atoms with van der Waals surface area (Å²) in [5.41, 5.74) is 2.10. The van der Waals surface area contributed by atoms with E-state index < -0.39 is 17.8 Å². The van der Waals surface area contributed by atoms with Crippen molar-refractivity contribution in [3.05, 3.63) is 42.0 Å². The monoisotopic (exact) mass is 282 g/mol. The summed E-state index contributed by atoms with van der Waals surface area (Å²) in [5.74, 6) is -2.25. The fourth-order valence-electron chi connectivity index (χ4n) is 4.23. The Bertz CT molecular complexity index is 651. The molecule has 4 nitrogen and oxygen atoms in total. The molecule has 2 bridgehead atoms. The van der Waals surface area contributed by atoms with E-state index in [-0.39, 0.29) is 17.7 Å².